The first-order chi connectivity index (χ1) is 12.2. The molecule has 0 spiro atoms. The minimum absolute atomic E-state index is 0.0541. The molecule has 3 aromatic rings. The molecule has 5 heteroatoms. The van der Waals surface area contributed by atoms with E-state index in [2.05, 4.69) is 57.8 Å². The molecule has 0 bridgehead atoms. The Balaban J connectivity index is 1.60. The fourth-order valence-electron chi connectivity index (χ4n) is 3.72. The number of hydrogen-bond acceptors (Lipinski definition) is 3. The van der Waals surface area contributed by atoms with Gasteiger partial charge in [-0.15, -0.1) is 0 Å². The Morgan fingerprint density at radius 1 is 1.20 bits per heavy atom. The van der Waals surface area contributed by atoms with E-state index in [4.69, 9.17) is 0 Å². The third kappa shape index (κ3) is 3.15. The van der Waals surface area contributed by atoms with Crippen molar-refractivity contribution in [3.05, 3.63) is 66.0 Å². The normalized spacial score (nSPS) is 17.4. The summed E-state index contributed by atoms with van der Waals surface area (Å²) >= 11 is 0. The summed E-state index contributed by atoms with van der Waals surface area (Å²) in [4.78, 5) is 14.3. The van der Waals surface area contributed by atoms with Crippen LogP contribution >= 0.6 is 0 Å². The predicted molar refractivity (Wildman–Crippen MR) is 98.0 cm³/mol. The molecule has 0 unspecified atom stereocenters. The van der Waals surface area contributed by atoms with E-state index in [1.54, 1.807) is 7.05 Å². The molecule has 0 radical (unpaired) electrons. The van der Waals surface area contributed by atoms with Crippen LogP contribution in [0.3, 0.4) is 0 Å². The summed E-state index contributed by atoms with van der Waals surface area (Å²) in [6.07, 6.45) is 2.28. The molecule has 1 N–H and O–H groups in total. The second-order valence-corrected chi connectivity index (χ2v) is 6.61. The summed E-state index contributed by atoms with van der Waals surface area (Å²) in [7, 11) is 1.68. The Kier molecular flexibility index (Phi) is 4.24. The Labute approximate surface area is 147 Å². The van der Waals surface area contributed by atoms with E-state index in [0.29, 0.717) is 6.42 Å². The van der Waals surface area contributed by atoms with Gasteiger partial charge in [-0.25, -0.2) is 0 Å². The largest absolute Gasteiger partial charge is 0.359 e. The van der Waals surface area contributed by atoms with Crippen LogP contribution in [0.4, 0.5) is 0 Å². The van der Waals surface area contributed by atoms with Crippen LogP contribution in [-0.4, -0.2) is 34.2 Å². The summed E-state index contributed by atoms with van der Waals surface area (Å²) in [6.45, 7) is 2.55. The zero-order valence-electron chi connectivity index (χ0n) is 14.4. The third-order valence-electron chi connectivity index (χ3n) is 4.93. The first-order valence-electron chi connectivity index (χ1n) is 8.66. The van der Waals surface area contributed by atoms with Crippen molar-refractivity contribution < 1.29 is 4.79 Å². The number of hydrogen-bond donors (Lipinski definition) is 1. The predicted octanol–water partition coefficient (Wildman–Crippen LogP) is 2.73. The number of amides is 1. The first kappa shape index (κ1) is 15.8. The second kappa shape index (κ2) is 6.69. The van der Waals surface area contributed by atoms with Crippen molar-refractivity contribution >= 4 is 16.7 Å². The van der Waals surface area contributed by atoms with Gasteiger partial charge in [-0.3, -0.25) is 14.4 Å². The van der Waals surface area contributed by atoms with Gasteiger partial charge in [-0.1, -0.05) is 42.5 Å². The molecule has 1 aliphatic heterocycles. The third-order valence-corrected chi connectivity index (χ3v) is 4.93. The Morgan fingerprint density at radius 3 is 2.92 bits per heavy atom. The van der Waals surface area contributed by atoms with Crippen molar-refractivity contribution in [3.63, 3.8) is 0 Å². The lowest BCUT2D eigenvalue weighted by molar-refractivity contribution is -0.121. The molecule has 128 valence electrons. The molecule has 1 atom stereocenters. The minimum Gasteiger partial charge on any atom is -0.359 e. The Hall–Kier alpha value is -2.66. The molecule has 1 aliphatic rings. The molecule has 1 amide bonds. The molecule has 25 heavy (non-hydrogen) atoms. The van der Waals surface area contributed by atoms with Crippen molar-refractivity contribution in [2.24, 2.45) is 0 Å². The van der Waals surface area contributed by atoms with Crippen molar-refractivity contribution in [2.45, 2.75) is 25.6 Å². The number of aromatic nitrogens is 2. The molecule has 0 aliphatic carbocycles. The second-order valence-electron chi connectivity index (χ2n) is 6.61. The molecule has 2 aromatic carbocycles. The summed E-state index contributed by atoms with van der Waals surface area (Å²) in [5.41, 5.74) is 2.49. The van der Waals surface area contributed by atoms with E-state index in [1.807, 2.05) is 16.9 Å². The lowest BCUT2D eigenvalue weighted by Crippen LogP contribution is -2.39. The topological polar surface area (TPSA) is 50.2 Å². The highest BCUT2D eigenvalue weighted by molar-refractivity contribution is 5.85. The summed E-state index contributed by atoms with van der Waals surface area (Å²) < 4.78 is 2.01. The highest BCUT2D eigenvalue weighted by Gasteiger charge is 2.27. The highest BCUT2D eigenvalue weighted by atomic mass is 16.1. The van der Waals surface area contributed by atoms with Gasteiger partial charge >= 0.3 is 0 Å². The van der Waals surface area contributed by atoms with Crippen LogP contribution in [-0.2, 0) is 17.9 Å². The van der Waals surface area contributed by atoms with Crippen LogP contribution in [0.1, 0.15) is 23.7 Å². The van der Waals surface area contributed by atoms with Crippen LogP contribution in [0.2, 0.25) is 0 Å². The average molecular weight is 334 g/mol. The van der Waals surface area contributed by atoms with Crippen LogP contribution in [0, 0.1) is 0 Å². The van der Waals surface area contributed by atoms with Gasteiger partial charge in [-0.05, 0) is 22.4 Å². The van der Waals surface area contributed by atoms with Gasteiger partial charge in [0.05, 0.1) is 18.2 Å². The van der Waals surface area contributed by atoms with Crippen LogP contribution in [0.25, 0.3) is 10.8 Å². The zero-order valence-corrected chi connectivity index (χ0v) is 14.4. The number of carbonyl (C=O) groups is 1. The lowest BCUT2D eigenvalue weighted by atomic mass is 10.0. The van der Waals surface area contributed by atoms with Crippen molar-refractivity contribution in [1.29, 1.82) is 0 Å². The van der Waals surface area contributed by atoms with E-state index < -0.39 is 0 Å². The monoisotopic (exact) mass is 334 g/mol. The molecular formula is C20H22N4O. The van der Waals surface area contributed by atoms with Crippen LogP contribution < -0.4 is 5.32 Å². The maximum atomic E-state index is 11.9. The maximum absolute atomic E-state index is 11.9. The number of rotatable bonds is 4. The lowest BCUT2D eigenvalue weighted by Gasteiger charge is -2.33. The van der Waals surface area contributed by atoms with Crippen LogP contribution in [0.15, 0.2) is 54.7 Å². The van der Waals surface area contributed by atoms with Gasteiger partial charge in [-0.2, -0.15) is 5.10 Å². The number of fused-ring (bicyclic) bond motifs is 2. The zero-order chi connectivity index (χ0) is 17.2. The highest BCUT2D eigenvalue weighted by Crippen LogP contribution is 2.26. The van der Waals surface area contributed by atoms with Crippen molar-refractivity contribution in [2.75, 3.05) is 13.6 Å². The molecule has 1 aromatic heterocycles. The van der Waals surface area contributed by atoms with E-state index in [-0.39, 0.29) is 11.9 Å². The summed E-state index contributed by atoms with van der Waals surface area (Å²) in [5, 5.41) is 9.72. The van der Waals surface area contributed by atoms with E-state index in [0.717, 1.165) is 19.6 Å². The van der Waals surface area contributed by atoms with Gasteiger partial charge in [0.25, 0.3) is 0 Å². The fraction of sp³-hybridized carbons (Fsp3) is 0.300. The number of carbonyl (C=O) groups excluding carboxylic acids is 1. The molecule has 0 saturated carbocycles. The van der Waals surface area contributed by atoms with Crippen molar-refractivity contribution in [3.8, 4) is 0 Å². The van der Waals surface area contributed by atoms with Crippen molar-refractivity contribution in [1.82, 2.24) is 20.0 Å². The van der Waals surface area contributed by atoms with E-state index in [9.17, 15) is 4.79 Å². The maximum Gasteiger partial charge on any atom is 0.221 e. The molecule has 0 fully saturated rings. The van der Waals surface area contributed by atoms with Gasteiger partial charge < -0.3 is 5.32 Å². The molecule has 4 rings (SSSR count). The Morgan fingerprint density at radius 2 is 2.04 bits per heavy atom. The number of nitrogens with zero attached hydrogens (tertiary/aromatic N) is 3. The van der Waals surface area contributed by atoms with E-state index in [1.165, 1.54) is 22.0 Å². The van der Waals surface area contributed by atoms with Gasteiger partial charge in [0.15, 0.2) is 0 Å². The smallest absolute Gasteiger partial charge is 0.221 e. The van der Waals surface area contributed by atoms with Gasteiger partial charge in [0.2, 0.25) is 5.91 Å². The number of nitrogens with one attached hydrogen (secondary N) is 1. The van der Waals surface area contributed by atoms with Crippen LogP contribution in [0.5, 0.6) is 0 Å². The quantitative estimate of drug-likeness (QED) is 0.798. The molecule has 0 saturated heterocycles. The minimum atomic E-state index is 0.0541. The standard InChI is InChI=1S/C20H22N4O/c1-21-20(25)11-18-14-23(13-17-9-10-22-24(17)18)12-16-7-4-6-15-5-2-3-8-19(15)16/h2-10,18H,11-14H2,1H3,(H,21,25)/t18-/m0/s1. The fourth-order valence-corrected chi connectivity index (χ4v) is 3.72. The summed E-state index contributed by atoms with van der Waals surface area (Å²) in [5.74, 6) is 0.0541. The number of benzene rings is 2. The summed E-state index contributed by atoms with van der Waals surface area (Å²) in [6, 6.07) is 17.1. The molecular weight excluding hydrogens is 312 g/mol. The van der Waals surface area contributed by atoms with Gasteiger partial charge in [0, 0.05) is 32.9 Å². The molecule has 5 nitrogen and oxygen atoms in total. The molecule has 2 heterocycles. The SMILES string of the molecule is CNC(=O)C[C@H]1CN(Cc2cccc3ccccc23)Cc2ccnn21. The first-order valence-corrected chi connectivity index (χ1v) is 8.66. The average Bonchev–Trinajstić information content (AvgIpc) is 3.11. The Bertz CT molecular complexity index is 896. The van der Waals surface area contributed by atoms with Gasteiger partial charge in [0.1, 0.15) is 0 Å². The van der Waals surface area contributed by atoms with E-state index >= 15 is 0 Å².